The van der Waals surface area contributed by atoms with Gasteiger partial charge in [0.15, 0.2) is 0 Å². The number of nitrogens with one attached hydrogen (secondary N) is 1. The lowest BCUT2D eigenvalue weighted by atomic mass is 9.86. The quantitative estimate of drug-likeness (QED) is 0.738. The molecule has 0 aromatic heterocycles. The lowest BCUT2D eigenvalue weighted by Crippen LogP contribution is -2.30. The molecule has 3 nitrogen and oxygen atoms in total. The maximum absolute atomic E-state index is 5.95. The van der Waals surface area contributed by atoms with Gasteiger partial charge in [-0.25, -0.2) is 0 Å². The Hall–Kier alpha value is -1.06. The largest absolute Gasteiger partial charge is 0.391 e. The van der Waals surface area contributed by atoms with E-state index < -0.39 is 0 Å². The van der Waals surface area contributed by atoms with Gasteiger partial charge in [0, 0.05) is 25.8 Å². The van der Waals surface area contributed by atoms with Crippen LogP contribution < -0.4 is 11.1 Å². The van der Waals surface area contributed by atoms with Crippen LogP contribution in [0.2, 0.25) is 0 Å². The van der Waals surface area contributed by atoms with Crippen molar-refractivity contribution in [1.82, 2.24) is 5.32 Å². The maximum atomic E-state index is 5.95. The highest BCUT2D eigenvalue weighted by Gasteiger charge is 2.17. The van der Waals surface area contributed by atoms with Crippen LogP contribution in [-0.4, -0.2) is 25.8 Å². The Morgan fingerprint density at radius 2 is 1.86 bits per heavy atom. The van der Waals surface area contributed by atoms with E-state index in [1.165, 1.54) is 31.3 Å². The Labute approximate surface area is 135 Å². The van der Waals surface area contributed by atoms with Gasteiger partial charge in [0.05, 0.1) is 0 Å². The molecular formula is C19H32N2O. The predicted molar refractivity (Wildman–Crippen MR) is 93.5 cm³/mol. The van der Waals surface area contributed by atoms with Gasteiger partial charge in [-0.1, -0.05) is 18.2 Å². The van der Waals surface area contributed by atoms with Gasteiger partial charge in [-0.05, 0) is 75.1 Å². The fraction of sp³-hybridized carbons (Fsp3) is 0.684. The van der Waals surface area contributed by atoms with Crippen molar-refractivity contribution < 1.29 is 4.74 Å². The molecule has 0 radical (unpaired) electrons. The van der Waals surface area contributed by atoms with Gasteiger partial charge in [0.25, 0.3) is 0 Å². The van der Waals surface area contributed by atoms with E-state index in [1.54, 1.807) is 0 Å². The van der Waals surface area contributed by atoms with Crippen LogP contribution in [0.1, 0.15) is 45.4 Å². The minimum Gasteiger partial charge on any atom is -0.391 e. The first-order valence-electron chi connectivity index (χ1n) is 8.85. The molecule has 0 amide bonds. The molecule has 1 saturated heterocycles. The van der Waals surface area contributed by atoms with Crippen LogP contribution in [0.5, 0.6) is 0 Å². The summed E-state index contributed by atoms with van der Waals surface area (Å²) in [6.07, 6.45) is 18.1. The van der Waals surface area contributed by atoms with Crippen LogP contribution in [0.25, 0.3) is 0 Å². The average molecular weight is 304 g/mol. The van der Waals surface area contributed by atoms with Crippen LogP contribution in [0.3, 0.4) is 0 Å². The standard InChI is InChI=1S/C19H32N2O/c1-2-4-17(18-10-13-22-14-11-18)5-3-12-21-15-16-6-8-19(20)9-7-16/h2-5,12,16,18-19,21H,6-11,13-15,20H2,1H3/b4-2-,12-3+,17-5+. The van der Waals surface area contributed by atoms with Crippen LogP contribution in [0, 0.1) is 11.8 Å². The summed E-state index contributed by atoms with van der Waals surface area (Å²) in [4.78, 5) is 0. The van der Waals surface area contributed by atoms with E-state index in [9.17, 15) is 0 Å². The summed E-state index contributed by atoms with van der Waals surface area (Å²) >= 11 is 0. The summed E-state index contributed by atoms with van der Waals surface area (Å²) < 4.78 is 5.46. The number of hydrogen-bond acceptors (Lipinski definition) is 3. The van der Waals surface area contributed by atoms with E-state index >= 15 is 0 Å². The summed E-state index contributed by atoms with van der Waals surface area (Å²) in [5, 5.41) is 3.46. The minimum atomic E-state index is 0.442. The lowest BCUT2D eigenvalue weighted by molar-refractivity contribution is 0.0766. The van der Waals surface area contributed by atoms with Crippen molar-refractivity contribution in [1.29, 1.82) is 0 Å². The molecule has 22 heavy (non-hydrogen) atoms. The van der Waals surface area contributed by atoms with E-state index in [2.05, 4.69) is 42.7 Å². The molecule has 1 heterocycles. The molecule has 2 rings (SSSR count). The molecule has 0 aromatic rings. The molecule has 0 bridgehead atoms. The zero-order valence-corrected chi connectivity index (χ0v) is 14.0. The smallest absolute Gasteiger partial charge is 0.0471 e. The topological polar surface area (TPSA) is 47.3 Å². The number of rotatable bonds is 6. The van der Waals surface area contributed by atoms with Gasteiger partial charge in [-0.3, -0.25) is 0 Å². The van der Waals surface area contributed by atoms with Gasteiger partial charge in [-0.2, -0.15) is 0 Å². The Balaban J connectivity index is 1.74. The molecule has 3 heteroatoms. The molecule has 1 aliphatic carbocycles. The molecule has 124 valence electrons. The Kier molecular flexibility index (Phi) is 7.75. The van der Waals surface area contributed by atoms with Gasteiger partial charge >= 0.3 is 0 Å². The highest BCUT2D eigenvalue weighted by molar-refractivity contribution is 5.26. The van der Waals surface area contributed by atoms with Gasteiger partial charge in [0.1, 0.15) is 0 Å². The second-order valence-corrected chi connectivity index (χ2v) is 6.60. The van der Waals surface area contributed by atoms with Crippen molar-refractivity contribution in [3.63, 3.8) is 0 Å². The van der Waals surface area contributed by atoms with Crippen molar-refractivity contribution >= 4 is 0 Å². The fourth-order valence-electron chi connectivity index (χ4n) is 3.41. The summed E-state index contributed by atoms with van der Waals surface area (Å²) in [6.45, 7) is 4.95. The summed E-state index contributed by atoms with van der Waals surface area (Å²) in [6, 6.07) is 0.442. The molecule has 1 aliphatic heterocycles. The third-order valence-corrected chi connectivity index (χ3v) is 4.85. The number of ether oxygens (including phenoxy) is 1. The van der Waals surface area contributed by atoms with Crippen LogP contribution >= 0.6 is 0 Å². The summed E-state index contributed by atoms with van der Waals surface area (Å²) in [5.74, 6) is 1.44. The second kappa shape index (κ2) is 9.86. The third-order valence-electron chi connectivity index (χ3n) is 4.85. The molecule has 2 fully saturated rings. The third kappa shape index (κ3) is 5.98. The van der Waals surface area contributed by atoms with Gasteiger partial charge in [0.2, 0.25) is 0 Å². The first-order chi connectivity index (χ1) is 10.8. The maximum Gasteiger partial charge on any atom is 0.0471 e. The summed E-state index contributed by atoms with van der Waals surface area (Å²) in [5.41, 5.74) is 7.37. The molecule has 1 saturated carbocycles. The highest BCUT2D eigenvalue weighted by Crippen LogP contribution is 2.24. The van der Waals surface area contributed by atoms with Gasteiger partial charge in [-0.15, -0.1) is 0 Å². The van der Waals surface area contributed by atoms with Crippen LogP contribution in [0.15, 0.2) is 36.1 Å². The van der Waals surface area contributed by atoms with Crippen LogP contribution in [-0.2, 0) is 4.74 Å². The fourth-order valence-corrected chi connectivity index (χ4v) is 3.41. The van der Waals surface area contributed by atoms with E-state index in [0.717, 1.165) is 38.5 Å². The Bertz CT molecular complexity index is 386. The first kappa shape index (κ1) is 17.3. The average Bonchev–Trinajstić information content (AvgIpc) is 2.56. The first-order valence-corrected chi connectivity index (χ1v) is 8.85. The van der Waals surface area contributed by atoms with E-state index in [4.69, 9.17) is 10.5 Å². The molecule has 0 unspecified atom stereocenters. The molecule has 2 aliphatic rings. The van der Waals surface area contributed by atoms with Gasteiger partial charge < -0.3 is 15.8 Å². The van der Waals surface area contributed by atoms with E-state index in [0.29, 0.717) is 12.0 Å². The molecule has 0 atom stereocenters. The Morgan fingerprint density at radius 1 is 1.14 bits per heavy atom. The molecule has 0 aromatic carbocycles. The summed E-state index contributed by atoms with van der Waals surface area (Å²) in [7, 11) is 0. The van der Waals surface area contributed by atoms with Crippen molar-refractivity contribution in [2.45, 2.75) is 51.5 Å². The van der Waals surface area contributed by atoms with E-state index in [-0.39, 0.29) is 0 Å². The van der Waals surface area contributed by atoms with Crippen molar-refractivity contribution in [3.05, 3.63) is 36.1 Å². The minimum absolute atomic E-state index is 0.442. The monoisotopic (exact) mass is 304 g/mol. The molecule has 0 spiro atoms. The van der Waals surface area contributed by atoms with Crippen molar-refractivity contribution in [2.75, 3.05) is 19.8 Å². The zero-order valence-electron chi connectivity index (χ0n) is 14.0. The van der Waals surface area contributed by atoms with Crippen LogP contribution in [0.4, 0.5) is 0 Å². The zero-order chi connectivity index (χ0) is 15.6. The number of nitrogens with two attached hydrogens (primary N) is 1. The Morgan fingerprint density at radius 3 is 2.55 bits per heavy atom. The van der Waals surface area contributed by atoms with Crippen molar-refractivity contribution in [3.8, 4) is 0 Å². The second-order valence-electron chi connectivity index (χ2n) is 6.60. The predicted octanol–water partition coefficient (Wildman–Crippen LogP) is 3.54. The van der Waals surface area contributed by atoms with Crippen molar-refractivity contribution in [2.24, 2.45) is 17.6 Å². The SMILES string of the molecule is C\C=C/C(=C\C=C\NCC1CCC(N)CC1)C1CCOCC1. The number of allylic oxidation sites excluding steroid dienone is 5. The lowest BCUT2D eigenvalue weighted by Gasteiger charge is -2.25. The normalized spacial score (nSPS) is 28.5. The van der Waals surface area contributed by atoms with E-state index in [1.807, 2.05) is 0 Å². The number of hydrogen-bond donors (Lipinski definition) is 2. The highest BCUT2D eigenvalue weighted by atomic mass is 16.5. The molecular weight excluding hydrogens is 272 g/mol. The molecule has 3 N–H and O–H groups in total.